The van der Waals surface area contributed by atoms with Gasteiger partial charge in [0.1, 0.15) is 40.2 Å². The van der Waals surface area contributed by atoms with Crippen LogP contribution in [-0.2, 0) is 47.8 Å². The molecule has 0 bridgehead atoms. The van der Waals surface area contributed by atoms with Crippen LogP contribution in [0.15, 0.2) is 211 Å². The number of nitrogens with two attached hydrogens (primary N) is 2. The van der Waals surface area contributed by atoms with Crippen LogP contribution in [-0.4, -0.2) is 68.0 Å². The van der Waals surface area contributed by atoms with Crippen LogP contribution in [0.2, 0.25) is 0 Å². The van der Waals surface area contributed by atoms with Gasteiger partial charge in [0, 0.05) is 35.3 Å². The van der Waals surface area contributed by atoms with E-state index in [0.29, 0.717) is 65.3 Å². The summed E-state index contributed by atoms with van der Waals surface area (Å²) in [6.07, 6.45) is 2.20. The first-order chi connectivity index (χ1) is 38.3. The van der Waals surface area contributed by atoms with Gasteiger partial charge in [-0.25, -0.2) is 25.3 Å². The van der Waals surface area contributed by atoms with Crippen molar-refractivity contribution in [1.29, 1.82) is 0 Å². The third kappa shape index (κ3) is 14.5. The largest absolute Gasteiger partial charge is 0.497 e. The van der Waals surface area contributed by atoms with Crippen LogP contribution in [0.25, 0.3) is 0 Å². The Morgan fingerprint density at radius 3 is 1.27 bits per heavy atom. The standard InChI is InChI=1S/C63H66N2O10S5/c1-44-8-25-60(42-46(44)7-6-38-76-39-36-64)80(70,71)61-34-35-62(47(43-61)41-45(2)77-40-37-65)75-55-23-32-59(33-24-55)79(68,69)58-30-21-54(22-31-58)74-52-15-11-49(12-16-52)63(3,4)48-9-13-51(14-10-48)73-53-19-28-57(29-20-53)78(66,67)56-26-17-50(72-5)18-27-56/h8-35,42-43,45H,6-7,36-41,64-65H2,1-5H3. The molecule has 0 heterocycles. The molecule has 8 aromatic carbocycles. The molecule has 1 unspecified atom stereocenters. The molecule has 0 radical (unpaired) electrons. The van der Waals surface area contributed by atoms with E-state index in [1.165, 1.54) is 55.6 Å². The topological polar surface area (TPSA) is 191 Å². The van der Waals surface area contributed by atoms with Gasteiger partial charge < -0.3 is 30.4 Å². The van der Waals surface area contributed by atoms with Gasteiger partial charge in [-0.2, -0.15) is 23.5 Å². The van der Waals surface area contributed by atoms with Crippen molar-refractivity contribution in [2.24, 2.45) is 11.5 Å². The summed E-state index contributed by atoms with van der Waals surface area (Å²) in [6.45, 7) is 9.45. The lowest BCUT2D eigenvalue weighted by Crippen LogP contribution is -2.18. The molecule has 0 saturated carbocycles. The van der Waals surface area contributed by atoms with Crippen LogP contribution in [0.5, 0.6) is 40.2 Å². The number of aryl methyl sites for hydroxylation is 2. The molecule has 0 saturated heterocycles. The Kier molecular flexibility index (Phi) is 19.6. The van der Waals surface area contributed by atoms with Gasteiger partial charge in [0.05, 0.1) is 36.5 Å². The van der Waals surface area contributed by atoms with Crippen LogP contribution in [0.3, 0.4) is 0 Å². The Bertz CT molecular complexity index is 3710. The molecular weight excluding hydrogens is 1110 g/mol. The molecule has 418 valence electrons. The van der Waals surface area contributed by atoms with E-state index in [1.54, 1.807) is 102 Å². The first kappa shape index (κ1) is 59.5. The van der Waals surface area contributed by atoms with E-state index >= 15 is 0 Å². The molecule has 0 spiro atoms. The third-order valence-corrected chi connectivity index (χ3v) is 21.2. The van der Waals surface area contributed by atoms with Gasteiger partial charge in [0.2, 0.25) is 29.5 Å². The first-order valence-corrected chi connectivity index (χ1v) is 32.7. The van der Waals surface area contributed by atoms with Gasteiger partial charge in [-0.3, -0.25) is 0 Å². The predicted molar refractivity (Wildman–Crippen MR) is 321 cm³/mol. The highest BCUT2D eigenvalue weighted by molar-refractivity contribution is 8.00. The van der Waals surface area contributed by atoms with Gasteiger partial charge in [-0.15, -0.1) is 0 Å². The van der Waals surface area contributed by atoms with E-state index in [0.717, 1.165) is 52.4 Å². The smallest absolute Gasteiger partial charge is 0.206 e. The first-order valence-electron chi connectivity index (χ1n) is 26.1. The number of hydrogen-bond donors (Lipinski definition) is 2. The zero-order valence-electron chi connectivity index (χ0n) is 45.3. The predicted octanol–water partition coefficient (Wildman–Crippen LogP) is 13.5. The van der Waals surface area contributed by atoms with E-state index in [9.17, 15) is 25.3 Å². The van der Waals surface area contributed by atoms with Gasteiger partial charge in [0.15, 0.2) is 0 Å². The molecule has 0 aliphatic heterocycles. The molecule has 0 aromatic heterocycles. The number of thioether (sulfide) groups is 2. The third-order valence-electron chi connectivity index (χ3n) is 13.6. The maximum atomic E-state index is 14.2. The minimum atomic E-state index is -3.93. The minimum Gasteiger partial charge on any atom is -0.497 e. The van der Waals surface area contributed by atoms with E-state index in [4.69, 9.17) is 30.4 Å². The summed E-state index contributed by atoms with van der Waals surface area (Å²) in [7, 11) is -9.99. The molecule has 0 amide bonds. The van der Waals surface area contributed by atoms with Crippen molar-refractivity contribution in [3.8, 4) is 40.2 Å². The number of ether oxygens (including phenoxy) is 4. The number of benzene rings is 8. The van der Waals surface area contributed by atoms with Crippen molar-refractivity contribution in [3.63, 3.8) is 0 Å². The van der Waals surface area contributed by atoms with E-state index < -0.39 is 34.9 Å². The summed E-state index contributed by atoms with van der Waals surface area (Å²) in [6, 6.07) is 50.7. The summed E-state index contributed by atoms with van der Waals surface area (Å²) < 4.78 is 106. The fraction of sp³-hybridized carbons (Fsp3) is 0.238. The summed E-state index contributed by atoms with van der Waals surface area (Å²) in [5, 5.41) is 0.105. The fourth-order valence-electron chi connectivity index (χ4n) is 8.92. The molecule has 80 heavy (non-hydrogen) atoms. The molecular formula is C63H66N2O10S5. The van der Waals surface area contributed by atoms with E-state index in [2.05, 4.69) is 20.8 Å². The van der Waals surface area contributed by atoms with Gasteiger partial charge >= 0.3 is 0 Å². The van der Waals surface area contributed by atoms with E-state index in [-0.39, 0.29) is 34.6 Å². The highest BCUT2D eigenvalue weighted by Crippen LogP contribution is 2.37. The van der Waals surface area contributed by atoms with Crippen LogP contribution in [0.1, 0.15) is 55.0 Å². The molecule has 17 heteroatoms. The lowest BCUT2D eigenvalue weighted by atomic mass is 9.78. The molecule has 0 aliphatic rings. The average Bonchev–Trinajstić information content (AvgIpc) is 3.47. The second kappa shape index (κ2) is 26.3. The van der Waals surface area contributed by atoms with Crippen LogP contribution >= 0.6 is 23.5 Å². The zero-order chi connectivity index (χ0) is 57.1. The van der Waals surface area contributed by atoms with Crippen LogP contribution in [0.4, 0.5) is 0 Å². The summed E-state index contributed by atoms with van der Waals surface area (Å²) in [5.41, 5.74) is 15.9. The zero-order valence-corrected chi connectivity index (χ0v) is 49.4. The quantitative estimate of drug-likeness (QED) is 0.0487. The number of rotatable bonds is 26. The summed E-state index contributed by atoms with van der Waals surface area (Å²) in [4.78, 5) is 0.894. The van der Waals surface area contributed by atoms with Crippen molar-refractivity contribution < 1.29 is 44.2 Å². The lowest BCUT2D eigenvalue weighted by Gasteiger charge is -2.26. The molecule has 4 N–H and O–H groups in total. The Labute approximate surface area is 480 Å². The second-order valence-corrected chi connectivity index (χ2v) is 28.2. The molecule has 12 nitrogen and oxygen atoms in total. The van der Waals surface area contributed by atoms with Crippen LogP contribution < -0.4 is 30.4 Å². The van der Waals surface area contributed by atoms with Crippen molar-refractivity contribution >= 4 is 53.0 Å². The monoisotopic (exact) mass is 1170 g/mol. The molecule has 1 atom stereocenters. The Hall–Kier alpha value is -6.57. The fourth-order valence-corrected chi connectivity index (χ4v) is 14.4. The number of hydrogen-bond acceptors (Lipinski definition) is 14. The maximum Gasteiger partial charge on any atom is 0.206 e. The minimum absolute atomic E-state index is 0.0745. The molecule has 0 fully saturated rings. The highest BCUT2D eigenvalue weighted by atomic mass is 32.2. The number of methoxy groups -OCH3 is 1. The van der Waals surface area contributed by atoms with Gasteiger partial charge in [-0.05, 0) is 211 Å². The van der Waals surface area contributed by atoms with Gasteiger partial charge in [-0.1, -0.05) is 51.1 Å². The van der Waals surface area contributed by atoms with Crippen LogP contribution in [0, 0.1) is 6.92 Å². The van der Waals surface area contributed by atoms with E-state index in [1.807, 2.05) is 61.5 Å². The normalized spacial score (nSPS) is 12.4. The van der Waals surface area contributed by atoms with Crippen molar-refractivity contribution in [2.45, 2.75) is 87.0 Å². The summed E-state index contributed by atoms with van der Waals surface area (Å²) >= 11 is 3.49. The number of sulfone groups is 3. The van der Waals surface area contributed by atoms with Crippen molar-refractivity contribution in [3.05, 3.63) is 210 Å². The average molecular weight is 1170 g/mol. The Morgan fingerprint density at radius 1 is 0.463 bits per heavy atom. The van der Waals surface area contributed by atoms with Gasteiger partial charge in [0.25, 0.3) is 0 Å². The Morgan fingerprint density at radius 2 is 0.838 bits per heavy atom. The molecule has 8 aromatic rings. The Balaban J connectivity index is 0.885. The lowest BCUT2D eigenvalue weighted by molar-refractivity contribution is 0.414. The second-order valence-electron chi connectivity index (χ2n) is 19.6. The molecule has 0 aliphatic carbocycles. The van der Waals surface area contributed by atoms with Crippen molar-refractivity contribution in [2.75, 3.05) is 37.5 Å². The van der Waals surface area contributed by atoms with Crippen molar-refractivity contribution in [1.82, 2.24) is 0 Å². The highest BCUT2D eigenvalue weighted by Gasteiger charge is 2.26. The maximum absolute atomic E-state index is 14.2. The SMILES string of the molecule is COc1ccc(S(=O)(=O)c2ccc(Oc3ccc(C(C)(C)c4ccc(Oc5ccc(S(=O)(=O)c6ccc(Oc7ccc(S(=O)(=O)c8ccc(C)c(CCCSCCN)c8)cc7CC(C)SCCN)cc6)cc5)cc4)cc3)cc2)cc1. The summed E-state index contributed by atoms with van der Waals surface area (Å²) in [5.74, 6) is 6.15. The molecule has 8 rings (SSSR count).